The standard InChI is InChI=1S/C14H29O/c1-5-6-7-8-9-10-11-12-13(15)14(2,3)4/h13H,5-12H2,1-4H3. The molecule has 0 saturated heterocycles. The molecule has 0 rings (SSSR count). The molecule has 0 amide bonds. The largest absolute Gasteiger partial charge is 0.233 e. The number of hydrogen-bond acceptors (Lipinski definition) is 0. The summed E-state index contributed by atoms with van der Waals surface area (Å²) in [7, 11) is 0. The SMILES string of the molecule is CCCCCCCCCC([O])C(C)(C)C. The van der Waals surface area contributed by atoms with E-state index >= 15 is 0 Å². The summed E-state index contributed by atoms with van der Waals surface area (Å²) in [6.45, 7) is 8.38. The highest BCUT2D eigenvalue weighted by atomic mass is 16.3. The average molecular weight is 213 g/mol. The van der Waals surface area contributed by atoms with Gasteiger partial charge < -0.3 is 0 Å². The van der Waals surface area contributed by atoms with Crippen LogP contribution in [0.15, 0.2) is 0 Å². The number of rotatable bonds is 8. The molecule has 1 unspecified atom stereocenters. The van der Waals surface area contributed by atoms with Crippen LogP contribution in [0.25, 0.3) is 0 Å². The van der Waals surface area contributed by atoms with E-state index in [0.29, 0.717) is 0 Å². The average Bonchev–Trinajstić information content (AvgIpc) is 2.14. The van der Waals surface area contributed by atoms with Gasteiger partial charge in [-0.05, 0) is 11.8 Å². The number of hydrogen-bond donors (Lipinski definition) is 0. The zero-order valence-electron chi connectivity index (χ0n) is 11.1. The molecule has 0 aliphatic rings. The zero-order chi connectivity index (χ0) is 11.7. The van der Waals surface area contributed by atoms with Crippen LogP contribution in [0.1, 0.15) is 79.1 Å². The van der Waals surface area contributed by atoms with Crippen LogP contribution in [0.4, 0.5) is 0 Å². The molecule has 0 aromatic rings. The highest BCUT2D eigenvalue weighted by molar-refractivity contribution is 4.71. The maximum atomic E-state index is 11.7. The van der Waals surface area contributed by atoms with Gasteiger partial charge in [-0.3, -0.25) is 0 Å². The Morgan fingerprint density at radius 2 is 1.33 bits per heavy atom. The molecule has 0 N–H and O–H groups in total. The Kier molecular flexibility index (Phi) is 8.13. The molecule has 0 spiro atoms. The Labute approximate surface area is 96.3 Å². The van der Waals surface area contributed by atoms with Crippen molar-refractivity contribution in [2.24, 2.45) is 5.41 Å². The highest BCUT2D eigenvalue weighted by Gasteiger charge is 2.22. The van der Waals surface area contributed by atoms with Gasteiger partial charge in [0.15, 0.2) is 0 Å². The van der Waals surface area contributed by atoms with E-state index in [1.807, 2.05) is 20.8 Å². The van der Waals surface area contributed by atoms with Gasteiger partial charge in [0, 0.05) is 0 Å². The summed E-state index contributed by atoms with van der Waals surface area (Å²) in [5.41, 5.74) is -0.0534. The van der Waals surface area contributed by atoms with E-state index in [-0.39, 0.29) is 11.5 Å². The molecule has 0 bridgehead atoms. The van der Waals surface area contributed by atoms with E-state index in [9.17, 15) is 5.11 Å². The molecule has 0 aromatic heterocycles. The molecule has 1 atom stereocenters. The molecule has 1 heteroatoms. The summed E-state index contributed by atoms with van der Waals surface area (Å²) < 4.78 is 0. The summed E-state index contributed by atoms with van der Waals surface area (Å²) in [5, 5.41) is 11.7. The highest BCUT2D eigenvalue weighted by Crippen LogP contribution is 2.24. The van der Waals surface area contributed by atoms with E-state index in [1.165, 1.54) is 38.5 Å². The van der Waals surface area contributed by atoms with Crippen molar-refractivity contribution in [3.63, 3.8) is 0 Å². The Balaban J connectivity index is 3.24. The Bertz CT molecular complexity index is 135. The Hall–Kier alpha value is -0.0400. The van der Waals surface area contributed by atoms with E-state index in [4.69, 9.17) is 0 Å². The fourth-order valence-corrected chi connectivity index (χ4v) is 1.72. The molecule has 91 valence electrons. The van der Waals surface area contributed by atoms with Crippen molar-refractivity contribution < 1.29 is 5.11 Å². The first kappa shape index (κ1) is 15.0. The molecule has 1 radical (unpaired) electrons. The number of unbranched alkanes of at least 4 members (excludes halogenated alkanes) is 6. The third-order valence-corrected chi connectivity index (χ3v) is 3.04. The summed E-state index contributed by atoms with van der Waals surface area (Å²) in [4.78, 5) is 0. The first-order chi connectivity index (χ1) is 6.98. The molecule has 0 saturated carbocycles. The van der Waals surface area contributed by atoms with Gasteiger partial charge in [-0.1, -0.05) is 72.6 Å². The minimum atomic E-state index is -0.381. The summed E-state index contributed by atoms with van der Waals surface area (Å²) in [5.74, 6) is 0. The lowest BCUT2D eigenvalue weighted by atomic mass is 9.86. The zero-order valence-corrected chi connectivity index (χ0v) is 11.1. The third-order valence-electron chi connectivity index (χ3n) is 3.04. The summed E-state index contributed by atoms with van der Waals surface area (Å²) >= 11 is 0. The van der Waals surface area contributed by atoms with Gasteiger partial charge in [-0.15, -0.1) is 0 Å². The second-order valence-corrected chi connectivity index (χ2v) is 5.76. The smallest absolute Gasteiger partial charge is 0.0978 e. The van der Waals surface area contributed by atoms with Crippen LogP contribution in [-0.4, -0.2) is 6.10 Å². The van der Waals surface area contributed by atoms with Crippen LogP contribution in [0.3, 0.4) is 0 Å². The van der Waals surface area contributed by atoms with E-state index < -0.39 is 0 Å². The maximum Gasteiger partial charge on any atom is 0.0978 e. The molecule has 15 heavy (non-hydrogen) atoms. The third kappa shape index (κ3) is 8.92. The second-order valence-electron chi connectivity index (χ2n) is 5.76. The van der Waals surface area contributed by atoms with Crippen molar-refractivity contribution in [2.75, 3.05) is 0 Å². The summed E-state index contributed by atoms with van der Waals surface area (Å²) in [6, 6.07) is 0. The molecule has 1 nitrogen and oxygen atoms in total. The first-order valence-electron chi connectivity index (χ1n) is 6.64. The lowest BCUT2D eigenvalue weighted by molar-refractivity contribution is -0.00715. The normalized spacial score (nSPS) is 14.2. The predicted molar refractivity (Wildman–Crippen MR) is 66.5 cm³/mol. The lowest BCUT2D eigenvalue weighted by Crippen LogP contribution is -2.24. The van der Waals surface area contributed by atoms with Crippen molar-refractivity contribution in [1.82, 2.24) is 0 Å². The van der Waals surface area contributed by atoms with Crippen LogP contribution in [0, 0.1) is 5.41 Å². The molecule has 0 fully saturated rings. The van der Waals surface area contributed by atoms with Crippen LogP contribution in [0.2, 0.25) is 0 Å². The van der Waals surface area contributed by atoms with Crippen molar-refractivity contribution in [1.29, 1.82) is 0 Å². The molecule has 0 aromatic carbocycles. The predicted octanol–water partition coefficient (Wildman–Crippen LogP) is 4.97. The Morgan fingerprint density at radius 3 is 1.80 bits per heavy atom. The first-order valence-corrected chi connectivity index (χ1v) is 6.64. The van der Waals surface area contributed by atoms with Gasteiger partial charge in [-0.25, -0.2) is 5.11 Å². The Morgan fingerprint density at radius 1 is 0.867 bits per heavy atom. The van der Waals surface area contributed by atoms with Gasteiger partial charge in [0.1, 0.15) is 0 Å². The van der Waals surface area contributed by atoms with Gasteiger partial charge >= 0.3 is 0 Å². The fraction of sp³-hybridized carbons (Fsp3) is 1.00. The quantitative estimate of drug-likeness (QED) is 0.507. The van der Waals surface area contributed by atoms with Gasteiger partial charge in [0.2, 0.25) is 0 Å². The van der Waals surface area contributed by atoms with Crippen LogP contribution in [-0.2, 0) is 5.11 Å². The molecular formula is C14H29O. The van der Waals surface area contributed by atoms with Crippen LogP contribution < -0.4 is 0 Å². The maximum absolute atomic E-state index is 11.7. The van der Waals surface area contributed by atoms with E-state index in [2.05, 4.69) is 6.92 Å². The van der Waals surface area contributed by atoms with Gasteiger partial charge in [-0.2, -0.15) is 0 Å². The van der Waals surface area contributed by atoms with Crippen molar-refractivity contribution in [3.8, 4) is 0 Å². The van der Waals surface area contributed by atoms with Crippen molar-refractivity contribution in [2.45, 2.75) is 85.2 Å². The van der Waals surface area contributed by atoms with Crippen LogP contribution >= 0.6 is 0 Å². The lowest BCUT2D eigenvalue weighted by Gasteiger charge is -2.23. The van der Waals surface area contributed by atoms with Crippen LogP contribution in [0.5, 0.6) is 0 Å². The molecule has 0 heterocycles. The van der Waals surface area contributed by atoms with Crippen molar-refractivity contribution in [3.05, 3.63) is 0 Å². The topological polar surface area (TPSA) is 19.9 Å². The van der Waals surface area contributed by atoms with Crippen molar-refractivity contribution >= 4 is 0 Å². The molecule has 0 aliphatic carbocycles. The molecular weight excluding hydrogens is 184 g/mol. The minimum Gasteiger partial charge on any atom is -0.233 e. The second kappa shape index (κ2) is 8.15. The fourth-order valence-electron chi connectivity index (χ4n) is 1.72. The molecule has 0 aliphatic heterocycles. The van der Waals surface area contributed by atoms with Gasteiger partial charge in [0.25, 0.3) is 0 Å². The minimum absolute atomic E-state index is 0.0534. The van der Waals surface area contributed by atoms with Gasteiger partial charge in [0.05, 0.1) is 6.10 Å². The summed E-state index contributed by atoms with van der Waals surface area (Å²) in [6.07, 6.45) is 9.57. The monoisotopic (exact) mass is 213 g/mol. The van der Waals surface area contributed by atoms with E-state index in [0.717, 1.165) is 12.8 Å². The van der Waals surface area contributed by atoms with E-state index in [1.54, 1.807) is 0 Å².